The monoisotopic (exact) mass is 888 g/mol. The van der Waals surface area contributed by atoms with Gasteiger partial charge < -0.3 is 5.11 Å². The predicted molar refractivity (Wildman–Crippen MR) is 220 cm³/mol. The zero-order chi connectivity index (χ0) is 37.6. The van der Waals surface area contributed by atoms with Gasteiger partial charge in [-0.2, -0.15) is 0 Å². The molecule has 0 aliphatic rings. The van der Waals surface area contributed by atoms with Crippen molar-refractivity contribution >= 4 is 38.0 Å². The van der Waals surface area contributed by atoms with E-state index >= 15 is 0 Å². The van der Waals surface area contributed by atoms with Crippen LogP contribution in [0.25, 0.3) is 53.7 Å². The molecule has 4 aromatic carbocycles. The summed E-state index contributed by atoms with van der Waals surface area (Å²) in [4.78, 5) is 17.7. The van der Waals surface area contributed by atoms with Crippen molar-refractivity contribution in [2.75, 3.05) is 0 Å². The number of fused-ring (bicyclic) bond motifs is 2. The Bertz CT molecular complexity index is 2170. The van der Waals surface area contributed by atoms with E-state index in [1.807, 2.05) is 39.8 Å². The number of ketones is 1. The van der Waals surface area contributed by atoms with Crippen LogP contribution in [0.15, 0.2) is 109 Å². The molecule has 0 spiro atoms. The van der Waals surface area contributed by atoms with Gasteiger partial charge in [0.25, 0.3) is 0 Å². The summed E-state index contributed by atoms with van der Waals surface area (Å²) in [5.41, 5.74) is 7.85. The second-order valence-corrected chi connectivity index (χ2v) is 15.4. The van der Waals surface area contributed by atoms with E-state index in [2.05, 4.69) is 113 Å². The van der Waals surface area contributed by atoms with Crippen LogP contribution in [0, 0.1) is 24.8 Å². The number of hydrogen-bond acceptors (Lipinski definition) is 4. The zero-order valence-corrected chi connectivity index (χ0v) is 35.0. The Morgan fingerprint density at radius 1 is 0.827 bits per heavy atom. The first-order valence-corrected chi connectivity index (χ1v) is 19.2. The number of carbonyl (C=O) groups is 1. The van der Waals surface area contributed by atoms with Crippen LogP contribution in [0.5, 0.6) is 0 Å². The normalized spacial score (nSPS) is 12.1. The number of thiophene rings is 1. The molecule has 6 aromatic rings. The largest absolute Gasteiger partial charge is 0.512 e. The topological polar surface area (TPSA) is 50.2 Å². The number of aryl methyl sites for hydroxylation is 1. The van der Waals surface area contributed by atoms with Gasteiger partial charge in [0.15, 0.2) is 5.78 Å². The third-order valence-electron chi connectivity index (χ3n) is 9.97. The molecular weight excluding hydrogens is 835 g/mol. The summed E-state index contributed by atoms with van der Waals surface area (Å²) in [6.07, 6.45) is 5.19. The molecule has 0 amide bonds. The molecule has 0 fully saturated rings. The molecule has 5 heteroatoms. The quantitative estimate of drug-likeness (QED) is 0.0847. The van der Waals surface area contributed by atoms with Gasteiger partial charge in [0.05, 0.1) is 7.13 Å². The van der Waals surface area contributed by atoms with E-state index in [0.29, 0.717) is 0 Å². The molecule has 1 radical (unpaired) electrons. The summed E-state index contributed by atoms with van der Waals surface area (Å²) in [5.74, 6) is 0.547. The molecule has 3 nitrogen and oxygen atoms in total. The van der Waals surface area contributed by atoms with Gasteiger partial charge in [-0.25, -0.2) is 0 Å². The number of allylic oxidation sites excluding steroid dienone is 2. The fourth-order valence-corrected chi connectivity index (χ4v) is 8.04. The van der Waals surface area contributed by atoms with Gasteiger partial charge in [-0.05, 0) is 71.7 Å². The SMILES string of the molecule is CCC(CC)C(=O)/C=C(\O)C(CC)CC.[2H]c1cc2c(C)c(-c3ccc(-c4ccccc4)cc3)sc2c(-c2[c-]c3ccccc3c(C(C)(C)C)c2)n1.[Ir]. The summed E-state index contributed by atoms with van der Waals surface area (Å²) in [7, 11) is 0. The van der Waals surface area contributed by atoms with Crippen molar-refractivity contribution in [2.24, 2.45) is 11.8 Å². The molecule has 1 N–H and O–H groups in total. The molecular formula is C47H52IrNO2S-. The number of benzene rings is 4. The number of nitrogens with zero attached hydrogens (tertiary/aromatic N) is 1. The van der Waals surface area contributed by atoms with Gasteiger partial charge in [-0.1, -0.05) is 132 Å². The third kappa shape index (κ3) is 9.18. The number of pyridine rings is 1. The average Bonchev–Trinajstić information content (AvgIpc) is 3.47. The number of hydrogen-bond donors (Lipinski definition) is 1. The predicted octanol–water partition coefficient (Wildman–Crippen LogP) is 13.7. The minimum Gasteiger partial charge on any atom is -0.512 e. The van der Waals surface area contributed by atoms with Gasteiger partial charge in [0.1, 0.15) is 0 Å². The zero-order valence-electron chi connectivity index (χ0n) is 32.8. The maximum atomic E-state index is 11.7. The van der Waals surface area contributed by atoms with E-state index in [1.54, 1.807) is 11.3 Å². The molecule has 2 heterocycles. The van der Waals surface area contributed by atoms with E-state index in [1.165, 1.54) is 44.2 Å². The molecule has 0 saturated heterocycles. The molecule has 2 aromatic heterocycles. The van der Waals surface area contributed by atoms with Crippen molar-refractivity contribution in [1.82, 2.24) is 4.98 Å². The summed E-state index contributed by atoms with van der Waals surface area (Å²) in [5, 5.41) is 13.2. The number of aliphatic hydroxyl groups excluding tert-OH is 1. The molecule has 0 saturated carbocycles. The first kappa shape index (κ1) is 39.3. The summed E-state index contributed by atoms with van der Waals surface area (Å²) < 4.78 is 9.63. The van der Waals surface area contributed by atoms with Gasteiger partial charge in [-0.15, -0.1) is 40.5 Å². The Morgan fingerprint density at radius 2 is 1.40 bits per heavy atom. The number of aliphatic hydroxyl groups is 1. The average molecular weight is 888 g/mol. The van der Waals surface area contributed by atoms with Crippen LogP contribution in [0.3, 0.4) is 0 Å². The minimum atomic E-state index is -0.0296. The minimum absolute atomic E-state index is 0. The van der Waals surface area contributed by atoms with E-state index < -0.39 is 0 Å². The summed E-state index contributed by atoms with van der Waals surface area (Å²) in [6.45, 7) is 17.0. The van der Waals surface area contributed by atoms with E-state index in [4.69, 9.17) is 6.35 Å². The van der Waals surface area contributed by atoms with Gasteiger partial charge in [0.2, 0.25) is 0 Å². The Labute approximate surface area is 330 Å². The summed E-state index contributed by atoms with van der Waals surface area (Å²) in [6, 6.07) is 35.5. The smallest absolute Gasteiger partial charge is 0.162 e. The fraction of sp³-hybridized carbons (Fsp3) is 0.319. The van der Waals surface area contributed by atoms with Gasteiger partial charge in [-0.3, -0.25) is 9.78 Å². The van der Waals surface area contributed by atoms with Gasteiger partial charge in [0, 0.05) is 59.5 Å². The number of rotatable bonds is 10. The van der Waals surface area contributed by atoms with Crippen molar-refractivity contribution in [3.63, 3.8) is 0 Å². The van der Waals surface area contributed by atoms with Crippen LogP contribution in [-0.2, 0) is 30.3 Å². The van der Waals surface area contributed by atoms with Gasteiger partial charge >= 0.3 is 0 Å². The Morgan fingerprint density at radius 3 is 2.02 bits per heavy atom. The molecule has 273 valence electrons. The van der Waals surface area contributed by atoms with E-state index in [-0.39, 0.29) is 55.1 Å². The van der Waals surface area contributed by atoms with Crippen LogP contribution < -0.4 is 0 Å². The van der Waals surface area contributed by atoms with Crippen molar-refractivity contribution in [3.8, 4) is 32.8 Å². The van der Waals surface area contributed by atoms with Crippen LogP contribution in [0.4, 0.5) is 0 Å². The summed E-state index contributed by atoms with van der Waals surface area (Å²) >= 11 is 1.76. The molecule has 0 aliphatic heterocycles. The second-order valence-electron chi connectivity index (χ2n) is 14.4. The van der Waals surface area contributed by atoms with Crippen LogP contribution in [0.2, 0.25) is 0 Å². The number of aromatic nitrogens is 1. The fourth-order valence-electron chi connectivity index (χ4n) is 6.75. The first-order chi connectivity index (χ1) is 24.9. The van der Waals surface area contributed by atoms with Crippen LogP contribution >= 0.6 is 11.3 Å². The molecule has 52 heavy (non-hydrogen) atoms. The second kappa shape index (κ2) is 18.2. The maximum Gasteiger partial charge on any atom is 0.162 e. The number of carbonyl (C=O) groups excluding carboxylic acids is 1. The maximum absolute atomic E-state index is 11.7. The van der Waals surface area contributed by atoms with E-state index in [0.717, 1.165) is 52.4 Å². The molecule has 0 unspecified atom stereocenters. The standard InChI is InChI=1S/C34H28NS.C13H24O2.Ir/c1-22-28-18-19-35-31(27-20-26-12-8-9-13-29(26)30(21-27)34(2,3)4)33(28)36-32(22)25-16-14-24(15-17-25)23-10-6-5-7-11-23;1-5-10(6-2)12(14)9-13(15)11(7-3)8-4;/h5-19,21H,1-4H3;9-11,14H,5-8H2,1-4H3;/q-1;;/b;12-9-;/i19D;;. The first-order valence-electron chi connectivity index (χ1n) is 18.9. The van der Waals surface area contributed by atoms with E-state index in [9.17, 15) is 9.90 Å². The molecule has 0 atom stereocenters. The third-order valence-corrected chi connectivity index (χ3v) is 11.3. The molecule has 0 bridgehead atoms. The Hall–Kier alpha value is -3.89. The van der Waals surface area contributed by atoms with Crippen LogP contribution in [0.1, 0.15) is 86.6 Å². The van der Waals surface area contributed by atoms with Crippen molar-refractivity contribution in [1.29, 1.82) is 0 Å². The Kier molecular flexibility index (Phi) is 13.8. The van der Waals surface area contributed by atoms with Crippen molar-refractivity contribution in [3.05, 3.63) is 126 Å². The molecule has 6 rings (SSSR count). The Balaban J connectivity index is 0.000000335. The van der Waals surface area contributed by atoms with Crippen molar-refractivity contribution < 1.29 is 31.4 Å². The molecule has 0 aliphatic carbocycles. The van der Waals surface area contributed by atoms with Crippen LogP contribution in [-0.4, -0.2) is 15.9 Å². The van der Waals surface area contributed by atoms with Crippen molar-refractivity contribution in [2.45, 2.75) is 86.5 Å².